The van der Waals surface area contributed by atoms with E-state index in [1.165, 1.54) is 133 Å². The number of nitrogens with one attached hydrogen (secondary N) is 1. The molecule has 13 aromatic rings. The number of alkyl halides is 1. The fourth-order valence-corrected chi connectivity index (χ4v) is 31.7. The number of carbonyl (C=O) groups is 6. The quantitative estimate of drug-likeness (QED) is 0.0233. The summed E-state index contributed by atoms with van der Waals surface area (Å²) in [5.41, 5.74) is 10.8. The van der Waals surface area contributed by atoms with Crippen molar-refractivity contribution in [3.63, 3.8) is 0 Å². The molecule has 0 saturated heterocycles. The van der Waals surface area contributed by atoms with Crippen LogP contribution in [-0.2, 0) is 74.1 Å². The molecule has 656 valence electrons. The van der Waals surface area contributed by atoms with E-state index in [-0.39, 0.29) is 62.6 Å². The fraction of sp³-hybridized carbons (Fsp3) is 0.289. The molecule has 3 aliphatic heterocycles. The molecule has 0 unspecified atom stereocenters. The van der Waals surface area contributed by atoms with Gasteiger partial charge in [-0.2, -0.15) is 9.97 Å². The Hall–Kier alpha value is -12.8. The summed E-state index contributed by atoms with van der Waals surface area (Å²) in [5, 5.41) is 5.77. The van der Waals surface area contributed by atoms with Gasteiger partial charge in [0.1, 0.15) is 22.0 Å². The van der Waals surface area contributed by atoms with Crippen molar-refractivity contribution in [2.24, 2.45) is 0 Å². The number of likely N-dealkylation sites (N-methyl/N-ethyl adjacent to an activating group) is 2. The molecule has 16 rings (SSSR count). The first-order valence-corrected chi connectivity index (χ1v) is 51.1. The maximum absolute atomic E-state index is 13.4. The summed E-state index contributed by atoms with van der Waals surface area (Å²) in [6.45, 7) is 8.89. The SMILES string of the molecule is BrCCc1ccccc1.CCC[CH2][Sn]([CH2]CCC)([CH2]CCC)[c]1cc(OC)nc(OC)n1.CN1C(=O)C(Cl)=C(c2cn(CCc3ccccc3)c3ncccc23)C1=O.COc1ncc(C2=C(c3cn(CCc4ccccc4)c4ncccc34)C(=O)N(C)C2=O)c(OC)n1.COc1ncc(C2=C(c3cn(CCc4ccccc4)c4ncccc34)C(=O)NC2=O)c(OC)n1. The zero-order chi connectivity index (χ0) is 90.1. The van der Waals surface area contributed by atoms with Gasteiger partial charge in [-0.05, 0) is 84.3 Å². The first-order valence-electron chi connectivity index (χ1n) is 42.1. The number of hydrogen-bond donors (Lipinski definition) is 1. The van der Waals surface area contributed by atoms with Crippen molar-refractivity contribution in [2.75, 3.05) is 62.1 Å². The third kappa shape index (κ3) is 21.8. The van der Waals surface area contributed by atoms with Crippen LogP contribution in [0.2, 0.25) is 13.3 Å². The molecule has 0 bridgehead atoms. The third-order valence-electron chi connectivity index (χ3n) is 22.2. The summed E-state index contributed by atoms with van der Waals surface area (Å²) in [7, 11) is 12.0. The number of halogens is 2. The molecule has 3 aliphatic rings. The molecule has 0 fully saturated rings. The van der Waals surface area contributed by atoms with Gasteiger partial charge >= 0.3 is 158 Å². The number of rotatable bonds is 32. The van der Waals surface area contributed by atoms with Crippen LogP contribution in [0.25, 0.3) is 61.0 Å². The molecule has 0 atom stereocenters. The van der Waals surface area contributed by atoms with Crippen LogP contribution in [0, 0.1) is 0 Å². The molecule has 0 saturated carbocycles. The maximum atomic E-state index is 13.4. The summed E-state index contributed by atoms with van der Waals surface area (Å²) >= 11 is 7.02. The minimum Gasteiger partial charge on any atom is -0.480 e. The first-order chi connectivity index (χ1) is 61.8. The van der Waals surface area contributed by atoms with Crippen LogP contribution >= 0.6 is 27.5 Å². The zero-order valence-corrected chi connectivity index (χ0v) is 78.3. The Morgan fingerprint density at radius 3 is 1.10 bits per heavy atom. The number of ether oxygens (including phenoxy) is 6. The van der Waals surface area contributed by atoms with E-state index in [2.05, 4.69) is 149 Å². The number of unbranched alkanes of at least 4 members (excludes halogenated alkanes) is 3. The van der Waals surface area contributed by atoms with Crippen molar-refractivity contribution in [1.29, 1.82) is 0 Å². The van der Waals surface area contributed by atoms with Crippen molar-refractivity contribution in [1.82, 2.24) is 73.7 Å². The Morgan fingerprint density at radius 1 is 0.386 bits per heavy atom. The summed E-state index contributed by atoms with van der Waals surface area (Å²) in [6.07, 6.45) is 24.9. The fourth-order valence-electron chi connectivity index (χ4n) is 15.6. The van der Waals surface area contributed by atoms with Crippen molar-refractivity contribution in [2.45, 2.75) is 118 Å². The molecule has 1 N–H and O–H groups in total. The molecule has 0 aliphatic carbocycles. The van der Waals surface area contributed by atoms with Gasteiger partial charge in [-0.25, -0.2) is 24.9 Å². The van der Waals surface area contributed by atoms with Crippen LogP contribution in [0.5, 0.6) is 35.7 Å². The van der Waals surface area contributed by atoms with Crippen LogP contribution in [0.3, 0.4) is 0 Å². The number of methoxy groups -OCH3 is 6. The van der Waals surface area contributed by atoms with Crippen LogP contribution in [0.15, 0.2) is 218 Å². The molecule has 12 heterocycles. The summed E-state index contributed by atoms with van der Waals surface area (Å²) in [4.78, 5) is 119. The molecule has 4 aromatic carbocycles. The molecule has 127 heavy (non-hydrogen) atoms. The number of fused-ring (bicyclic) bond motifs is 3. The van der Waals surface area contributed by atoms with Gasteiger partial charge in [0.05, 0.1) is 67.4 Å². The Kier molecular flexibility index (Phi) is 33.0. The number of pyridine rings is 3. The number of benzene rings is 4. The van der Waals surface area contributed by atoms with Crippen molar-refractivity contribution in [3.8, 4) is 35.7 Å². The van der Waals surface area contributed by atoms with Gasteiger partial charge in [0, 0.05) is 121 Å². The maximum Gasteiger partial charge on any atom is 0.319 e. The molecule has 30 heteroatoms. The second-order valence-corrected chi connectivity index (χ2v) is 44.4. The van der Waals surface area contributed by atoms with Gasteiger partial charge in [0.15, 0.2) is 0 Å². The monoisotopic (exact) mass is 1900 g/mol. The summed E-state index contributed by atoms with van der Waals surface area (Å²) < 4.78 is 43.2. The topological polar surface area (TPSA) is 307 Å². The molecular formula is C97H103BrClN15O12Sn. The Morgan fingerprint density at radius 2 is 0.740 bits per heavy atom. The summed E-state index contributed by atoms with van der Waals surface area (Å²) in [6, 6.07) is 54.8. The minimum atomic E-state index is -2.54. The number of imide groups is 3. The van der Waals surface area contributed by atoms with Gasteiger partial charge in [-0.1, -0.05) is 149 Å². The van der Waals surface area contributed by atoms with Gasteiger partial charge < -0.3 is 32.6 Å². The molecule has 6 amide bonds. The van der Waals surface area contributed by atoms with Crippen LogP contribution in [0.1, 0.15) is 109 Å². The number of aromatic nitrogens is 12. The van der Waals surface area contributed by atoms with E-state index in [9.17, 15) is 28.8 Å². The predicted octanol–water partition coefficient (Wildman–Crippen LogP) is 16.1. The normalized spacial score (nSPS) is 13.2. The molecular weight excluding hydrogens is 1800 g/mol. The van der Waals surface area contributed by atoms with Crippen LogP contribution in [0.4, 0.5) is 0 Å². The summed E-state index contributed by atoms with van der Waals surface area (Å²) in [5.74, 6) is -1.82. The van der Waals surface area contributed by atoms with Crippen molar-refractivity contribution < 1.29 is 57.2 Å². The van der Waals surface area contributed by atoms with E-state index in [1.54, 1.807) is 38.9 Å². The predicted molar refractivity (Wildman–Crippen MR) is 499 cm³/mol. The first kappa shape index (κ1) is 93.4. The van der Waals surface area contributed by atoms with Gasteiger partial charge in [-0.15, -0.1) is 0 Å². The number of hydrogen-bond acceptors (Lipinski definition) is 21. The van der Waals surface area contributed by atoms with E-state index >= 15 is 0 Å². The van der Waals surface area contributed by atoms with E-state index < -0.39 is 47.9 Å². The van der Waals surface area contributed by atoms with Gasteiger partial charge in [0.25, 0.3) is 35.4 Å². The number of carbonyl (C=O) groups excluding carboxylic acids is 6. The second kappa shape index (κ2) is 44.9. The van der Waals surface area contributed by atoms with E-state index in [0.717, 1.165) is 73.9 Å². The van der Waals surface area contributed by atoms with Gasteiger partial charge in [0.2, 0.25) is 11.8 Å². The van der Waals surface area contributed by atoms with Crippen LogP contribution in [-0.4, -0.2) is 184 Å². The molecule has 9 aromatic heterocycles. The largest absolute Gasteiger partial charge is 0.480 e. The average Bonchev–Trinajstić information content (AvgIpc) is 1.59. The van der Waals surface area contributed by atoms with E-state index in [0.29, 0.717) is 59.3 Å². The minimum absolute atomic E-state index is 0.0385. The van der Waals surface area contributed by atoms with Crippen molar-refractivity contribution >= 4 is 146 Å². The third-order valence-corrected chi connectivity index (χ3v) is 38.0. The van der Waals surface area contributed by atoms with Crippen LogP contribution < -0.4 is 37.4 Å². The molecule has 0 radical (unpaired) electrons. The second-order valence-electron chi connectivity index (χ2n) is 30.2. The number of nitrogens with zero attached hydrogens (tertiary/aromatic N) is 14. The Bertz CT molecular complexity index is 6120. The standard InChI is InChI=1S/C26H23N5O4.C25H21N5O4.C20H16ClN3O2.C8H9Br.C6H7N2O2.3C4H9.Sn/c1-30-24(32)20(18-14-28-26(35-3)29-23(18)34-2)21(25(30)33)19-15-31(22-17(19)10-7-12-27-22)13-11-16-8-5-4-6-9-16;1-33-24-17(13-27-25(29-24)34-2)19-20(23(32)28-22(19)31)18-14-30(21-16(18)9-6-11-26-21)12-10-15-7-4-3-5-8-15;1-23-19(25)16(17(21)20(23)26)15-12-24(18-14(15)8-5-10-22-18)11-9-13-6-3-2-4-7-13;9-7-6-8-4-2-1-3-5-8;1-9-5-3-4-7-6(8-5)10-2;3*1-3-4-2;/h4-10,12,14-15H,11,13H2,1-3H3;3-9,11,13-14H,10,12H2,1-2H3,(H,28,31,32);2-8,10,12H,9,11H2,1H3;1-5H,6-7H2;3H,1-2H3;3*1,3-4H2,2H3;. The van der Waals surface area contributed by atoms with E-state index in [4.69, 9.17) is 45.0 Å². The molecule has 27 nitrogen and oxygen atoms in total. The van der Waals surface area contributed by atoms with Crippen molar-refractivity contribution in [3.05, 3.63) is 268 Å². The Balaban J connectivity index is 0.000000150. The Labute approximate surface area is 755 Å². The number of aryl methyl sites for hydroxylation is 7. The smallest absolute Gasteiger partial charge is 0.319 e. The van der Waals surface area contributed by atoms with E-state index in [1.807, 2.05) is 123 Å². The molecule has 0 spiro atoms. The zero-order valence-electron chi connectivity index (χ0n) is 73.1. The average molecular weight is 1910 g/mol. The number of amides is 6. The van der Waals surface area contributed by atoms with Gasteiger partial charge in [-0.3, -0.25) is 43.9 Å².